The molecule has 0 bridgehead atoms. The van der Waals surface area contributed by atoms with Gasteiger partial charge < -0.3 is 10.3 Å². The van der Waals surface area contributed by atoms with E-state index in [1.807, 2.05) is 38.1 Å². The smallest absolute Gasteiger partial charge is 0.326 e. The molecule has 1 aromatic carbocycles. The summed E-state index contributed by atoms with van der Waals surface area (Å²) >= 11 is 0. The zero-order chi connectivity index (χ0) is 19.8. The van der Waals surface area contributed by atoms with Crippen LogP contribution in [0.25, 0.3) is 0 Å². The van der Waals surface area contributed by atoms with Crippen LogP contribution in [0, 0.1) is 13.8 Å². The summed E-state index contributed by atoms with van der Waals surface area (Å²) in [5, 5.41) is 8.46. The van der Waals surface area contributed by atoms with Crippen LogP contribution in [0.1, 0.15) is 17.1 Å². The van der Waals surface area contributed by atoms with Crippen LogP contribution in [-0.4, -0.2) is 38.5 Å². The number of nitrogens with zero attached hydrogens (tertiary/aromatic N) is 4. The summed E-state index contributed by atoms with van der Waals surface area (Å²) < 4.78 is 0. The molecule has 3 rings (SSSR count). The lowest BCUT2D eigenvalue weighted by Gasteiger charge is -2.12. The number of H-pyrrole nitrogens is 1. The van der Waals surface area contributed by atoms with Gasteiger partial charge in [0.2, 0.25) is 11.9 Å². The maximum absolute atomic E-state index is 12.3. The number of aryl methyl sites for hydroxylation is 2. The fraction of sp³-hybridized carbons (Fsp3) is 0.211. The number of carbonyl (C=O) groups is 1. The molecule has 9 nitrogen and oxygen atoms in total. The van der Waals surface area contributed by atoms with E-state index in [4.69, 9.17) is 0 Å². The Hall–Kier alpha value is -3.75. The number of carbonyl (C=O) groups excluding carboxylic acids is 1. The van der Waals surface area contributed by atoms with E-state index >= 15 is 0 Å². The molecule has 0 atom stereocenters. The lowest BCUT2D eigenvalue weighted by atomic mass is 10.3. The van der Waals surface area contributed by atoms with E-state index < -0.39 is 6.03 Å². The number of para-hydroxylation sites is 1. The molecule has 0 saturated heterocycles. The van der Waals surface area contributed by atoms with E-state index in [0.717, 1.165) is 17.1 Å². The third-order valence-electron chi connectivity index (χ3n) is 3.68. The Morgan fingerprint density at radius 1 is 1.11 bits per heavy atom. The molecule has 0 aliphatic rings. The highest BCUT2D eigenvalue weighted by atomic mass is 16.2. The first kappa shape index (κ1) is 19.0. The number of hydrogen-bond acceptors (Lipinski definition) is 5. The van der Waals surface area contributed by atoms with Crippen molar-refractivity contribution in [2.45, 2.75) is 20.3 Å². The van der Waals surface area contributed by atoms with Gasteiger partial charge in [0.15, 0.2) is 0 Å². The van der Waals surface area contributed by atoms with Gasteiger partial charge in [0.05, 0.1) is 6.33 Å². The molecule has 2 aromatic heterocycles. The van der Waals surface area contributed by atoms with Crippen molar-refractivity contribution in [1.82, 2.24) is 25.3 Å². The summed E-state index contributed by atoms with van der Waals surface area (Å²) in [5.74, 6) is 0.635. The Morgan fingerprint density at radius 3 is 2.54 bits per heavy atom. The molecule has 0 radical (unpaired) electrons. The molecular formula is C19H22N8O. The average molecular weight is 378 g/mol. The molecule has 144 valence electrons. The Morgan fingerprint density at radius 2 is 1.86 bits per heavy atom. The number of aliphatic imine (C=N–C) groups is 1. The summed E-state index contributed by atoms with van der Waals surface area (Å²) in [4.78, 5) is 32.5. The van der Waals surface area contributed by atoms with Gasteiger partial charge in [-0.2, -0.15) is 0 Å². The average Bonchev–Trinajstić information content (AvgIpc) is 3.15. The van der Waals surface area contributed by atoms with Gasteiger partial charge in [0.25, 0.3) is 0 Å². The normalized spacial score (nSPS) is 11.1. The zero-order valence-electron chi connectivity index (χ0n) is 15.7. The second-order valence-corrected chi connectivity index (χ2v) is 6.10. The fourth-order valence-corrected chi connectivity index (χ4v) is 2.50. The topological polar surface area (TPSA) is 120 Å². The van der Waals surface area contributed by atoms with Crippen LogP contribution in [0.15, 0.2) is 53.9 Å². The van der Waals surface area contributed by atoms with Crippen LogP contribution in [-0.2, 0) is 6.42 Å². The molecule has 9 heteroatoms. The van der Waals surface area contributed by atoms with Crippen LogP contribution in [0.5, 0.6) is 0 Å². The quantitative estimate of drug-likeness (QED) is 0.402. The number of imidazole rings is 1. The molecular weight excluding hydrogens is 356 g/mol. The Kier molecular flexibility index (Phi) is 6.29. The maximum atomic E-state index is 12.3. The summed E-state index contributed by atoms with van der Waals surface area (Å²) in [6.07, 6.45) is 4.01. The van der Waals surface area contributed by atoms with Crippen molar-refractivity contribution in [3.8, 4) is 0 Å². The molecule has 0 unspecified atom stereocenters. The lowest BCUT2D eigenvalue weighted by Crippen LogP contribution is -2.39. The largest absolute Gasteiger partial charge is 0.348 e. The first-order chi connectivity index (χ1) is 13.6. The van der Waals surface area contributed by atoms with Crippen molar-refractivity contribution in [2.75, 3.05) is 17.2 Å². The standard InChI is InChI=1S/C19H22N8O/c1-13-10-14(2)24-18(23-13)26-17(21-9-8-16-11-20-12-22-16)27-19(28)25-15-6-4-3-5-7-15/h3-7,10-12H,8-9H2,1-2H3,(H,20,22)(H3,21,23,24,25,26,27,28). The Bertz CT molecular complexity index is 918. The van der Waals surface area contributed by atoms with Crippen LogP contribution in [0.4, 0.5) is 16.4 Å². The summed E-state index contributed by atoms with van der Waals surface area (Å²) in [6, 6.07) is 10.6. The van der Waals surface area contributed by atoms with Gasteiger partial charge in [0.1, 0.15) is 0 Å². The third-order valence-corrected chi connectivity index (χ3v) is 3.68. The van der Waals surface area contributed by atoms with Gasteiger partial charge in [-0.3, -0.25) is 15.6 Å². The van der Waals surface area contributed by atoms with Gasteiger partial charge in [-0.25, -0.2) is 19.7 Å². The first-order valence-electron chi connectivity index (χ1n) is 8.82. The van der Waals surface area contributed by atoms with E-state index in [1.54, 1.807) is 24.7 Å². The van der Waals surface area contributed by atoms with E-state index in [0.29, 0.717) is 24.6 Å². The van der Waals surface area contributed by atoms with E-state index in [-0.39, 0.29) is 5.96 Å². The molecule has 28 heavy (non-hydrogen) atoms. The van der Waals surface area contributed by atoms with Crippen LogP contribution < -0.4 is 16.0 Å². The number of nitrogens with one attached hydrogen (secondary N) is 4. The summed E-state index contributed by atoms with van der Waals surface area (Å²) in [7, 11) is 0. The summed E-state index contributed by atoms with van der Waals surface area (Å²) in [5.41, 5.74) is 3.28. The number of hydrogen-bond donors (Lipinski definition) is 4. The second-order valence-electron chi connectivity index (χ2n) is 6.10. The Balaban J connectivity index is 1.70. The molecule has 2 heterocycles. The van der Waals surface area contributed by atoms with E-state index in [9.17, 15) is 4.79 Å². The number of anilines is 2. The minimum absolute atomic E-state index is 0.262. The minimum Gasteiger partial charge on any atom is -0.348 e. The molecule has 0 spiro atoms. The van der Waals surface area contributed by atoms with Crippen molar-refractivity contribution < 1.29 is 4.79 Å². The fourth-order valence-electron chi connectivity index (χ4n) is 2.50. The van der Waals surface area contributed by atoms with Gasteiger partial charge >= 0.3 is 6.03 Å². The predicted molar refractivity (Wildman–Crippen MR) is 108 cm³/mol. The highest BCUT2D eigenvalue weighted by Gasteiger charge is 2.09. The lowest BCUT2D eigenvalue weighted by molar-refractivity contribution is 0.256. The second kappa shape index (κ2) is 9.26. The summed E-state index contributed by atoms with van der Waals surface area (Å²) in [6.45, 7) is 4.20. The van der Waals surface area contributed by atoms with Crippen LogP contribution in [0.2, 0.25) is 0 Å². The van der Waals surface area contributed by atoms with Crippen molar-refractivity contribution in [1.29, 1.82) is 0 Å². The predicted octanol–water partition coefficient (Wildman–Crippen LogP) is 2.65. The van der Waals surface area contributed by atoms with Crippen molar-refractivity contribution in [2.24, 2.45) is 4.99 Å². The van der Waals surface area contributed by atoms with Gasteiger partial charge in [0, 0.05) is 41.9 Å². The number of aromatic nitrogens is 4. The molecule has 3 aromatic rings. The van der Waals surface area contributed by atoms with Gasteiger partial charge in [-0.15, -0.1) is 0 Å². The minimum atomic E-state index is -0.414. The SMILES string of the molecule is Cc1cc(C)nc(NC(=NCCc2cnc[nH]2)NC(=O)Nc2ccccc2)n1. The molecule has 4 N–H and O–H groups in total. The molecule has 2 amide bonds. The number of benzene rings is 1. The van der Waals surface area contributed by atoms with Crippen molar-refractivity contribution in [3.63, 3.8) is 0 Å². The van der Waals surface area contributed by atoms with Crippen molar-refractivity contribution >= 4 is 23.6 Å². The molecule has 0 saturated carbocycles. The van der Waals surface area contributed by atoms with Crippen LogP contribution >= 0.6 is 0 Å². The molecule has 0 aliphatic carbocycles. The first-order valence-corrected chi connectivity index (χ1v) is 8.82. The monoisotopic (exact) mass is 378 g/mol. The number of urea groups is 1. The van der Waals surface area contributed by atoms with E-state index in [2.05, 4.69) is 40.9 Å². The van der Waals surface area contributed by atoms with Crippen molar-refractivity contribution in [3.05, 3.63) is 66.0 Å². The molecule has 0 fully saturated rings. The number of aromatic amines is 1. The highest BCUT2D eigenvalue weighted by molar-refractivity contribution is 6.06. The maximum Gasteiger partial charge on any atom is 0.326 e. The number of guanidine groups is 1. The number of rotatable bonds is 5. The zero-order valence-corrected chi connectivity index (χ0v) is 15.7. The highest BCUT2D eigenvalue weighted by Crippen LogP contribution is 2.06. The van der Waals surface area contributed by atoms with Gasteiger partial charge in [-0.05, 0) is 32.0 Å². The number of amides is 2. The molecule has 0 aliphatic heterocycles. The van der Waals surface area contributed by atoms with E-state index in [1.165, 1.54) is 0 Å². The Labute approximate surface area is 162 Å². The van der Waals surface area contributed by atoms with Gasteiger partial charge in [-0.1, -0.05) is 18.2 Å². The van der Waals surface area contributed by atoms with Crippen LogP contribution in [0.3, 0.4) is 0 Å². The third kappa shape index (κ3) is 5.90.